The molecule has 2 aliphatic rings. The molecule has 0 radical (unpaired) electrons. The highest BCUT2D eigenvalue weighted by Crippen LogP contribution is 2.44. The molecule has 0 fully saturated rings. The first-order valence-electron chi connectivity index (χ1n) is 18.4. The van der Waals surface area contributed by atoms with Crippen LogP contribution in [0.3, 0.4) is 0 Å². The molecule has 0 amide bonds. The van der Waals surface area contributed by atoms with Gasteiger partial charge in [-0.25, -0.2) is 4.98 Å². The zero-order chi connectivity index (χ0) is 39.4. The number of nitrogens with zero attached hydrogens (tertiary/aromatic N) is 5. The number of aliphatic carboxylic acids is 1. The number of aliphatic hydroxyl groups excluding tert-OH is 1. The summed E-state index contributed by atoms with van der Waals surface area (Å²) >= 11 is 3.65. The molecule has 4 heterocycles. The number of aliphatic hydroxyl groups is 1. The van der Waals surface area contributed by atoms with Crippen LogP contribution in [0.15, 0.2) is 82.5 Å². The van der Waals surface area contributed by atoms with Gasteiger partial charge in [-0.05, 0) is 108 Å². The number of aliphatic imine (C=N–C) groups is 1. The van der Waals surface area contributed by atoms with Crippen molar-refractivity contribution in [1.82, 2.24) is 20.3 Å². The summed E-state index contributed by atoms with van der Waals surface area (Å²) in [5, 5.41) is 32.3. The number of carboxylic acid groups (broad SMARTS) is 1. The smallest absolute Gasteiger partial charge is 0.311 e. The van der Waals surface area contributed by atoms with Gasteiger partial charge in [0.15, 0.2) is 0 Å². The van der Waals surface area contributed by atoms with Crippen LogP contribution in [0.4, 0.5) is 0 Å². The highest BCUT2D eigenvalue weighted by molar-refractivity contribution is 9.10. The van der Waals surface area contributed by atoms with Crippen LogP contribution in [0.2, 0.25) is 0 Å². The molecular formula is C43H41BrN6O6. The van der Waals surface area contributed by atoms with Gasteiger partial charge >= 0.3 is 5.97 Å². The summed E-state index contributed by atoms with van der Waals surface area (Å²) in [5.41, 5.74) is 8.65. The number of benzene rings is 2. The Labute approximate surface area is 333 Å². The number of halogens is 1. The first-order valence-corrected chi connectivity index (χ1v) is 19.1. The predicted octanol–water partition coefficient (Wildman–Crippen LogP) is 7.17. The molecule has 2 aromatic carbocycles. The Morgan fingerprint density at radius 3 is 2.59 bits per heavy atom. The Balaban J connectivity index is 1.17. The van der Waals surface area contributed by atoms with E-state index in [1.807, 2.05) is 18.2 Å². The van der Waals surface area contributed by atoms with Gasteiger partial charge in [0, 0.05) is 35.6 Å². The number of methoxy groups -OCH3 is 1. The number of carbonyl (C=O) groups is 1. The molecule has 3 aromatic heterocycles. The molecule has 1 aliphatic heterocycles. The Kier molecular flexibility index (Phi) is 11.3. The van der Waals surface area contributed by atoms with Crippen LogP contribution in [0.1, 0.15) is 64.8 Å². The maximum Gasteiger partial charge on any atom is 0.311 e. The average molecular weight is 818 g/mol. The first-order chi connectivity index (χ1) is 27.1. The fourth-order valence-corrected chi connectivity index (χ4v) is 7.62. The lowest BCUT2D eigenvalue weighted by Gasteiger charge is -2.23. The molecule has 3 N–H and O–H groups in total. The predicted molar refractivity (Wildman–Crippen MR) is 214 cm³/mol. The molecule has 286 valence electrons. The molecule has 13 heteroatoms. The summed E-state index contributed by atoms with van der Waals surface area (Å²) in [5.74, 6) is 0.831. The van der Waals surface area contributed by atoms with Gasteiger partial charge in [0.25, 0.3) is 0 Å². The van der Waals surface area contributed by atoms with Gasteiger partial charge in [0.05, 0.1) is 47.0 Å². The van der Waals surface area contributed by atoms with Gasteiger partial charge in [0.2, 0.25) is 17.6 Å². The maximum absolute atomic E-state index is 12.0. The molecule has 0 saturated carbocycles. The fraction of sp³-hybridized carbons (Fsp3) is 0.302. The molecule has 0 spiro atoms. The number of nitrogens with one attached hydrogen (secondary N) is 1. The van der Waals surface area contributed by atoms with E-state index in [1.165, 1.54) is 18.7 Å². The van der Waals surface area contributed by atoms with Crippen molar-refractivity contribution in [2.24, 2.45) is 10.4 Å². The lowest BCUT2D eigenvalue weighted by molar-refractivity contribution is -0.150. The van der Waals surface area contributed by atoms with Gasteiger partial charge in [0.1, 0.15) is 24.6 Å². The highest BCUT2D eigenvalue weighted by Gasteiger charge is 2.33. The SMILES string of the molecule is COc1nc(-c2cccc(-c3cccc4c3CC[C@@H]4Oc3nc(OCc4cncc(C#N)c4)c(CC[C@@](C)(CO)C(=O)O)cc3Br)c2C)ccc1C1=NCCN1. The Hall–Kier alpha value is -5.84. The monoisotopic (exact) mass is 816 g/mol. The van der Waals surface area contributed by atoms with Crippen LogP contribution in [0.5, 0.6) is 17.6 Å². The van der Waals surface area contributed by atoms with Crippen LogP contribution < -0.4 is 19.5 Å². The molecule has 0 unspecified atom stereocenters. The Morgan fingerprint density at radius 1 is 1.04 bits per heavy atom. The number of amidine groups is 1. The molecule has 0 bridgehead atoms. The second-order valence-electron chi connectivity index (χ2n) is 14.2. The molecule has 2 atom stereocenters. The van der Waals surface area contributed by atoms with Crippen molar-refractivity contribution in [2.75, 3.05) is 26.8 Å². The number of hydrogen-bond acceptors (Lipinski definition) is 11. The quantitative estimate of drug-likeness (QED) is 0.104. The van der Waals surface area contributed by atoms with Crippen molar-refractivity contribution >= 4 is 27.7 Å². The minimum Gasteiger partial charge on any atom is -0.481 e. The summed E-state index contributed by atoms with van der Waals surface area (Å²) in [7, 11) is 1.63. The van der Waals surface area contributed by atoms with Crippen molar-refractivity contribution in [3.63, 3.8) is 0 Å². The number of aryl methyl sites for hydroxylation is 1. The van der Waals surface area contributed by atoms with Gasteiger partial charge in [-0.3, -0.25) is 14.8 Å². The zero-order valence-electron chi connectivity index (χ0n) is 31.3. The number of ether oxygens (including phenoxy) is 3. The molecule has 12 nitrogen and oxygen atoms in total. The lowest BCUT2D eigenvalue weighted by Crippen LogP contribution is -2.32. The topological polar surface area (TPSA) is 172 Å². The Morgan fingerprint density at radius 2 is 1.84 bits per heavy atom. The largest absolute Gasteiger partial charge is 0.481 e. The lowest BCUT2D eigenvalue weighted by atomic mass is 9.85. The first kappa shape index (κ1) is 38.4. The van der Waals surface area contributed by atoms with Gasteiger partial charge in [-0.2, -0.15) is 10.2 Å². The van der Waals surface area contributed by atoms with Crippen LogP contribution in [-0.2, 0) is 24.2 Å². The number of rotatable bonds is 14. The summed E-state index contributed by atoms with van der Waals surface area (Å²) < 4.78 is 19.1. The summed E-state index contributed by atoms with van der Waals surface area (Å²) in [4.78, 5) is 30.3. The number of pyridine rings is 3. The number of nitriles is 1. The summed E-state index contributed by atoms with van der Waals surface area (Å²) in [6, 6.07) is 22.2. The van der Waals surface area contributed by atoms with Crippen LogP contribution >= 0.6 is 15.9 Å². The third-order valence-corrected chi connectivity index (χ3v) is 11.0. The summed E-state index contributed by atoms with van der Waals surface area (Å²) in [6.07, 6.45) is 4.75. The molecule has 5 aromatic rings. The van der Waals surface area contributed by atoms with Gasteiger partial charge in [-0.1, -0.05) is 36.4 Å². The number of aromatic nitrogens is 3. The van der Waals surface area contributed by atoms with E-state index >= 15 is 0 Å². The highest BCUT2D eigenvalue weighted by atomic mass is 79.9. The van der Waals surface area contributed by atoms with Crippen LogP contribution in [0, 0.1) is 23.7 Å². The second-order valence-corrected chi connectivity index (χ2v) is 15.0. The standard InChI is InChI=1S/C43H41BrN6O6/c1-25-29(6-4-7-30(25)36-12-10-34(40(49-36)54-3)38-47-16-17-48-38)31-8-5-9-33-32(31)11-13-37(33)56-41-35(44)19-28(14-15-43(2,24-51)42(52)53)39(50-41)55-23-27-18-26(20-45)21-46-22-27/h4-10,12,18-19,21-22,37,51H,11,13-17,23-24H2,1-3H3,(H,47,48)(H,52,53)/t37-,43-/m0/s1. The summed E-state index contributed by atoms with van der Waals surface area (Å²) in [6.45, 7) is 4.71. The zero-order valence-corrected chi connectivity index (χ0v) is 32.9. The molecule has 1 aliphatic carbocycles. The van der Waals surface area contributed by atoms with E-state index in [0.29, 0.717) is 32.9 Å². The number of fused-ring (bicyclic) bond motifs is 1. The van der Waals surface area contributed by atoms with Crippen molar-refractivity contribution < 1.29 is 29.2 Å². The van der Waals surface area contributed by atoms with Crippen molar-refractivity contribution in [1.29, 1.82) is 5.26 Å². The Bertz CT molecular complexity index is 2380. The van der Waals surface area contributed by atoms with Crippen molar-refractivity contribution in [2.45, 2.75) is 52.2 Å². The second kappa shape index (κ2) is 16.5. The van der Waals surface area contributed by atoms with Crippen LogP contribution in [-0.4, -0.2) is 63.8 Å². The number of hydrogen-bond donors (Lipinski definition) is 3. The minimum atomic E-state index is -1.34. The normalized spacial score (nSPS) is 15.6. The molecule has 56 heavy (non-hydrogen) atoms. The molecule has 7 rings (SSSR count). The van der Waals surface area contributed by atoms with E-state index in [-0.39, 0.29) is 31.4 Å². The number of carboxylic acids is 1. The van der Waals surface area contributed by atoms with Crippen molar-refractivity contribution in [3.05, 3.63) is 116 Å². The van der Waals surface area contributed by atoms with E-state index < -0.39 is 18.0 Å². The average Bonchev–Trinajstić information content (AvgIpc) is 3.91. The van der Waals surface area contributed by atoms with E-state index in [2.05, 4.69) is 80.6 Å². The molecule has 0 saturated heterocycles. The third kappa shape index (κ3) is 7.80. The van der Waals surface area contributed by atoms with E-state index in [9.17, 15) is 20.3 Å². The van der Waals surface area contributed by atoms with Crippen LogP contribution in [0.25, 0.3) is 22.4 Å². The van der Waals surface area contributed by atoms with E-state index in [1.54, 1.807) is 19.4 Å². The molecular weight excluding hydrogens is 776 g/mol. The van der Waals surface area contributed by atoms with Crippen molar-refractivity contribution in [3.8, 4) is 46.1 Å². The third-order valence-electron chi connectivity index (χ3n) is 10.4. The minimum absolute atomic E-state index is 0.0762. The fourth-order valence-electron chi connectivity index (χ4n) is 7.16. The van der Waals surface area contributed by atoms with Gasteiger partial charge < -0.3 is 29.7 Å². The van der Waals surface area contributed by atoms with E-state index in [0.717, 1.165) is 70.8 Å². The van der Waals surface area contributed by atoms with E-state index in [4.69, 9.17) is 24.2 Å². The van der Waals surface area contributed by atoms with Gasteiger partial charge in [-0.15, -0.1) is 0 Å². The maximum atomic E-state index is 12.0.